The van der Waals surface area contributed by atoms with E-state index in [0.717, 1.165) is 19.4 Å². The average Bonchev–Trinajstić information content (AvgIpc) is 2.72. The molecular weight excluding hydrogens is 639 g/mol. The van der Waals surface area contributed by atoms with Gasteiger partial charge in [0, 0.05) is 6.61 Å². The van der Waals surface area contributed by atoms with Gasteiger partial charge >= 0.3 is 0 Å². The molecule has 2 aliphatic heterocycles. The molecule has 0 unspecified atom stereocenters. The Bertz CT molecular complexity index is 811. The van der Waals surface area contributed by atoms with Gasteiger partial charge in [0.05, 0.1) is 12.2 Å². The summed E-state index contributed by atoms with van der Waals surface area (Å²) in [6.07, 6.45) is 3.08. The van der Waals surface area contributed by atoms with Crippen LogP contribution in [0.25, 0.3) is 0 Å². The normalized spacial score (nSPS) is 29.4. The molecule has 0 aliphatic carbocycles. The fraction of sp³-hybridized carbons (Fsp3) is 0.931. The summed E-state index contributed by atoms with van der Waals surface area (Å²) >= 11 is 2.31. The molecule has 0 bridgehead atoms. The van der Waals surface area contributed by atoms with Crippen molar-refractivity contribution in [2.24, 2.45) is 0 Å². The molecule has 0 radical (unpaired) electrons. The predicted molar refractivity (Wildman–Crippen MR) is 177 cm³/mol. The van der Waals surface area contributed by atoms with E-state index < -0.39 is 25.0 Å². The Morgan fingerprint density at radius 1 is 0.763 bits per heavy atom. The lowest BCUT2D eigenvalue weighted by Gasteiger charge is -2.55. The largest absolute Gasteiger partial charge is 0.408 e. The molecule has 2 rings (SSSR count). The summed E-state index contributed by atoms with van der Waals surface area (Å²) in [5.41, 5.74) is 0. The standard InChI is InChI=1S/C29H59IO5Si3/c1-27(2,3)36(10,11)33-22(18-19-30)24-26(35-38(14,15)29(7,8)9)25(34-37(12,13)28(4,5)6)23-21(32-24)17-16-20-31-23/h18-19,21-26H,16-17,20H2,1-15H3/b19-18+/t21-,22-,23-,24-,25-,26+/m0/s1. The van der Waals surface area contributed by atoms with Crippen LogP contribution >= 0.6 is 22.6 Å². The smallest absolute Gasteiger partial charge is 0.193 e. The third-order valence-corrected chi connectivity index (χ3v) is 23.7. The lowest BCUT2D eigenvalue weighted by atomic mass is 9.89. The summed E-state index contributed by atoms with van der Waals surface area (Å²) in [7, 11) is -6.43. The van der Waals surface area contributed by atoms with Gasteiger partial charge in [0.25, 0.3) is 0 Å². The molecule has 5 nitrogen and oxygen atoms in total. The van der Waals surface area contributed by atoms with Crippen molar-refractivity contribution in [2.45, 2.75) is 166 Å². The molecule has 2 heterocycles. The van der Waals surface area contributed by atoms with E-state index >= 15 is 0 Å². The molecular formula is C29H59IO5Si3. The van der Waals surface area contributed by atoms with Crippen molar-refractivity contribution in [3.05, 3.63) is 10.2 Å². The first-order valence-corrected chi connectivity index (χ1v) is 24.5. The zero-order chi connectivity index (χ0) is 29.5. The number of halogens is 1. The quantitative estimate of drug-likeness (QED) is 0.187. The molecule has 0 N–H and O–H groups in total. The maximum Gasteiger partial charge on any atom is 0.193 e. The van der Waals surface area contributed by atoms with Crippen LogP contribution in [-0.4, -0.2) is 68.2 Å². The SMILES string of the molecule is CC(C)(C)[Si](C)(C)O[C@@H]1[C@H](O[Si](C)(C)C(C)(C)C)[C@H]([C@H](/C=C/I)O[Si](C)(C)C(C)(C)C)O[C@H]2CCCO[C@H]12. The van der Waals surface area contributed by atoms with Crippen LogP contribution in [0.2, 0.25) is 54.4 Å². The Morgan fingerprint density at radius 2 is 1.24 bits per heavy atom. The fourth-order valence-electron chi connectivity index (χ4n) is 4.25. The molecule has 0 saturated carbocycles. The molecule has 0 spiro atoms. The zero-order valence-corrected chi connectivity index (χ0v) is 32.3. The Hall–Kier alpha value is 0.921. The van der Waals surface area contributed by atoms with Crippen LogP contribution in [0.3, 0.4) is 0 Å². The van der Waals surface area contributed by atoms with E-state index in [1.54, 1.807) is 0 Å². The minimum atomic E-state index is -2.19. The van der Waals surface area contributed by atoms with E-state index in [0.29, 0.717) is 0 Å². The third-order valence-electron chi connectivity index (χ3n) is 9.91. The second kappa shape index (κ2) is 12.3. The van der Waals surface area contributed by atoms with Crippen LogP contribution in [0.15, 0.2) is 10.2 Å². The lowest BCUT2D eigenvalue weighted by molar-refractivity contribution is -0.253. The van der Waals surface area contributed by atoms with Crippen molar-refractivity contribution in [1.82, 2.24) is 0 Å². The fourth-order valence-corrected chi connectivity index (χ4v) is 8.51. The average molecular weight is 699 g/mol. The molecule has 6 atom stereocenters. The van der Waals surface area contributed by atoms with E-state index in [2.05, 4.69) is 134 Å². The van der Waals surface area contributed by atoms with E-state index in [4.69, 9.17) is 22.8 Å². The van der Waals surface area contributed by atoms with Gasteiger partial charge in [0.15, 0.2) is 25.0 Å². The van der Waals surface area contributed by atoms with Gasteiger partial charge in [-0.2, -0.15) is 0 Å². The van der Waals surface area contributed by atoms with E-state index in [9.17, 15) is 0 Å². The monoisotopic (exact) mass is 698 g/mol. The summed E-state index contributed by atoms with van der Waals surface area (Å²) in [4.78, 5) is 0. The first-order chi connectivity index (χ1) is 17.0. The molecule has 9 heteroatoms. The van der Waals surface area contributed by atoms with Crippen LogP contribution in [0, 0.1) is 0 Å². The second-order valence-electron chi connectivity index (χ2n) is 16.0. The zero-order valence-electron chi connectivity index (χ0n) is 27.2. The maximum atomic E-state index is 7.33. The molecule has 0 aromatic rings. The van der Waals surface area contributed by atoms with Gasteiger partial charge in [-0.05, 0) is 77.4 Å². The van der Waals surface area contributed by atoms with Gasteiger partial charge in [-0.25, -0.2) is 0 Å². The highest BCUT2D eigenvalue weighted by Crippen LogP contribution is 2.46. The Morgan fingerprint density at radius 3 is 1.68 bits per heavy atom. The van der Waals surface area contributed by atoms with Crippen LogP contribution < -0.4 is 0 Å². The van der Waals surface area contributed by atoms with Gasteiger partial charge < -0.3 is 22.8 Å². The van der Waals surface area contributed by atoms with Gasteiger partial charge in [0.1, 0.15) is 24.4 Å². The van der Waals surface area contributed by atoms with Crippen molar-refractivity contribution in [3.8, 4) is 0 Å². The summed E-state index contributed by atoms with van der Waals surface area (Å²) in [6, 6.07) is 0. The van der Waals surface area contributed by atoms with Crippen molar-refractivity contribution >= 4 is 47.5 Å². The number of hydrogen-bond donors (Lipinski definition) is 0. The van der Waals surface area contributed by atoms with E-state index in [1.165, 1.54) is 0 Å². The summed E-state index contributed by atoms with van der Waals surface area (Å²) < 4.78 is 37.3. The van der Waals surface area contributed by atoms with Crippen LogP contribution in [0.5, 0.6) is 0 Å². The molecule has 224 valence electrons. The minimum absolute atomic E-state index is 0.0177. The highest BCUT2D eigenvalue weighted by Gasteiger charge is 2.57. The lowest BCUT2D eigenvalue weighted by Crippen LogP contribution is -2.68. The molecule has 2 fully saturated rings. The molecule has 2 aliphatic rings. The minimum Gasteiger partial charge on any atom is -0.408 e. The third kappa shape index (κ3) is 8.05. The van der Waals surface area contributed by atoms with Crippen LogP contribution in [0.1, 0.15) is 75.2 Å². The highest BCUT2D eigenvalue weighted by molar-refractivity contribution is 14.1. The second-order valence-corrected chi connectivity index (χ2v) is 31.0. The van der Waals surface area contributed by atoms with Gasteiger partial charge in [-0.3, -0.25) is 0 Å². The Kier molecular flexibility index (Phi) is 11.3. The Labute approximate surface area is 252 Å². The van der Waals surface area contributed by atoms with Gasteiger partial charge in [-0.1, -0.05) is 84.9 Å². The molecule has 0 aromatic heterocycles. The van der Waals surface area contributed by atoms with Crippen molar-refractivity contribution in [2.75, 3.05) is 6.61 Å². The van der Waals surface area contributed by atoms with Crippen LogP contribution in [-0.2, 0) is 22.8 Å². The first-order valence-electron chi connectivity index (χ1n) is 14.5. The van der Waals surface area contributed by atoms with E-state index in [-0.39, 0.29) is 51.7 Å². The number of ether oxygens (including phenoxy) is 2. The maximum absolute atomic E-state index is 7.33. The summed E-state index contributed by atoms with van der Waals surface area (Å²) in [6.45, 7) is 35.4. The highest BCUT2D eigenvalue weighted by atomic mass is 127. The van der Waals surface area contributed by atoms with Crippen molar-refractivity contribution in [1.29, 1.82) is 0 Å². The van der Waals surface area contributed by atoms with Crippen molar-refractivity contribution in [3.63, 3.8) is 0 Å². The van der Waals surface area contributed by atoms with Crippen molar-refractivity contribution < 1.29 is 22.8 Å². The summed E-state index contributed by atoms with van der Waals surface area (Å²) in [5.74, 6) is 0. The number of rotatable bonds is 8. The topological polar surface area (TPSA) is 46.2 Å². The van der Waals surface area contributed by atoms with Crippen LogP contribution in [0.4, 0.5) is 0 Å². The first kappa shape index (κ1) is 35.1. The summed E-state index contributed by atoms with van der Waals surface area (Å²) in [5, 5.41) is 0.214. The molecule has 38 heavy (non-hydrogen) atoms. The predicted octanol–water partition coefficient (Wildman–Crippen LogP) is 9.05. The van der Waals surface area contributed by atoms with Gasteiger partial charge in [-0.15, -0.1) is 0 Å². The molecule has 0 amide bonds. The van der Waals surface area contributed by atoms with E-state index in [1.807, 2.05) is 0 Å². The number of fused-ring (bicyclic) bond motifs is 1. The molecule has 0 aromatic carbocycles. The number of hydrogen-bond acceptors (Lipinski definition) is 5. The Balaban J connectivity index is 2.68. The molecule has 2 saturated heterocycles. The van der Waals surface area contributed by atoms with Gasteiger partial charge in [0.2, 0.25) is 0 Å².